The zero-order chi connectivity index (χ0) is 13.1. The molecule has 0 radical (unpaired) electrons. The number of nitrogens with zero attached hydrogens (tertiary/aromatic N) is 1. The largest absolute Gasteiger partial charge is 0.322 e. The van der Waals surface area contributed by atoms with Gasteiger partial charge in [0.25, 0.3) is 0 Å². The average molecular weight is 264 g/mol. The van der Waals surface area contributed by atoms with Gasteiger partial charge in [0, 0.05) is 11.4 Å². The van der Waals surface area contributed by atoms with Crippen LogP contribution >= 0.6 is 11.8 Å². The van der Waals surface area contributed by atoms with Crippen molar-refractivity contribution in [2.24, 2.45) is 0 Å². The van der Waals surface area contributed by atoms with Crippen molar-refractivity contribution in [2.45, 2.75) is 37.4 Å². The fourth-order valence-corrected chi connectivity index (χ4v) is 2.72. The second-order valence-corrected chi connectivity index (χ2v) is 5.48. The van der Waals surface area contributed by atoms with E-state index in [-0.39, 0.29) is 18.1 Å². The summed E-state index contributed by atoms with van der Waals surface area (Å²) in [5.74, 6) is 0.204. The number of benzene rings is 1. The molecule has 1 aromatic carbocycles. The molecule has 2 unspecified atom stereocenters. The standard InChI is InChI=1S/C14H20N2OS/c1-4-9-16-13(15-10(2)14(16)17)11-5-7-12(18-3)8-6-11/h5-8,10,13,15H,4,9H2,1-3H3. The van der Waals surface area contributed by atoms with E-state index in [9.17, 15) is 4.79 Å². The molecule has 1 aliphatic heterocycles. The van der Waals surface area contributed by atoms with Crippen LogP contribution in [0.3, 0.4) is 0 Å². The quantitative estimate of drug-likeness (QED) is 0.849. The average Bonchev–Trinajstić information content (AvgIpc) is 2.68. The predicted octanol–water partition coefficient (Wildman–Crippen LogP) is 2.64. The summed E-state index contributed by atoms with van der Waals surface area (Å²) in [4.78, 5) is 15.3. The summed E-state index contributed by atoms with van der Waals surface area (Å²) in [6, 6.07) is 8.36. The van der Waals surface area contributed by atoms with E-state index >= 15 is 0 Å². The summed E-state index contributed by atoms with van der Waals surface area (Å²) in [5, 5.41) is 3.36. The number of rotatable bonds is 4. The first kappa shape index (κ1) is 13.4. The Kier molecular flexibility index (Phi) is 4.30. The first-order chi connectivity index (χ1) is 8.67. The van der Waals surface area contributed by atoms with E-state index in [1.165, 1.54) is 10.5 Å². The maximum atomic E-state index is 12.1. The van der Waals surface area contributed by atoms with Gasteiger partial charge in [-0.1, -0.05) is 19.1 Å². The van der Waals surface area contributed by atoms with Gasteiger partial charge in [-0.25, -0.2) is 0 Å². The molecule has 1 heterocycles. The molecule has 0 bridgehead atoms. The molecule has 1 fully saturated rings. The monoisotopic (exact) mass is 264 g/mol. The number of hydrogen-bond donors (Lipinski definition) is 1. The van der Waals surface area contributed by atoms with Crippen molar-refractivity contribution in [3.8, 4) is 0 Å². The van der Waals surface area contributed by atoms with Gasteiger partial charge in [-0.3, -0.25) is 10.1 Å². The zero-order valence-corrected chi connectivity index (χ0v) is 12.0. The molecule has 2 atom stereocenters. The van der Waals surface area contributed by atoms with Crippen LogP contribution in [0.25, 0.3) is 0 Å². The van der Waals surface area contributed by atoms with Crippen LogP contribution in [0.2, 0.25) is 0 Å². The third-order valence-electron chi connectivity index (χ3n) is 3.27. The Morgan fingerprint density at radius 1 is 1.33 bits per heavy atom. The van der Waals surface area contributed by atoms with Crippen LogP contribution in [-0.4, -0.2) is 29.6 Å². The van der Waals surface area contributed by atoms with Crippen LogP contribution in [0.4, 0.5) is 0 Å². The van der Waals surface area contributed by atoms with E-state index in [1.54, 1.807) is 11.8 Å². The molecule has 98 valence electrons. The summed E-state index contributed by atoms with van der Waals surface area (Å²) in [7, 11) is 0. The minimum atomic E-state index is -0.0817. The van der Waals surface area contributed by atoms with Gasteiger partial charge in [-0.2, -0.15) is 0 Å². The molecule has 2 rings (SSSR count). The van der Waals surface area contributed by atoms with Crippen LogP contribution < -0.4 is 5.32 Å². The summed E-state index contributed by atoms with van der Waals surface area (Å²) in [5.41, 5.74) is 1.17. The maximum absolute atomic E-state index is 12.1. The van der Waals surface area contributed by atoms with Crippen molar-refractivity contribution in [1.82, 2.24) is 10.2 Å². The van der Waals surface area contributed by atoms with Gasteiger partial charge in [-0.05, 0) is 37.3 Å². The second-order valence-electron chi connectivity index (χ2n) is 4.60. The van der Waals surface area contributed by atoms with Crippen LogP contribution in [-0.2, 0) is 4.79 Å². The second kappa shape index (κ2) is 5.76. The molecular formula is C14H20N2OS. The molecule has 1 aliphatic rings. The highest BCUT2D eigenvalue weighted by molar-refractivity contribution is 7.98. The smallest absolute Gasteiger partial charge is 0.241 e. The molecular weight excluding hydrogens is 244 g/mol. The molecule has 4 heteroatoms. The molecule has 0 aliphatic carbocycles. The highest BCUT2D eigenvalue weighted by atomic mass is 32.2. The normalized spacial score (nSPS) is 23.7. The minimum absolute atomic E-state index is 0.0309. The van der Waals surface area contributed by atoms with Crippen LogP contribution in [0.5, 0.6) is 0 Å². The van der Waals surface area contributed by atoms with Gasteiger partial charge in [0.1, 0.15) is 6.17 Å². The summed E-state index contributed by atoms with van der Waals surface area (Å²) >= 11 is 1.73. The van der Waals surface area contributed by atoms with E-state index < -0.39 is 0 Å². The third-order valence-corrected chi connectivity index (χ3v) is 4.01. The van der Waals surface area contributed by atoms with Crippen LogP contribution in [0.1, 0.15) is 32.0 Å². The Hall–Kier alpha value is -1.00. The highest BCUT2D eigenvalue weighted by Gasteiger charge is 2.36. The third kappa shape index (κ3) is 2.54. The van der Waals surface area contributed by atoms with Gasteiger partial charge in [0.05, 0.1) is 6.04 Å². The number of amides is 1. The summed E-state index contributed by atoms with van der Waals surface area (Å²) in [6.07, 6.45) is 3.08. The lowest BCUT2D eigenvalue weighted by molar-refractivity contribution is -0.129. The summed E-state index contributed by atoms with van der Waals surface area (Å²) < 4.78 is 0. The Balaban J connectivity index is 2.22. The fraction of sp³-hybridized carbons (Fsp3) is 0.500. The van der Waals surface area contributed by atoms with E-state index in [0.29, 0.717) is 0 Å². The number of carbonyl (C=O) groups excluding carboxylic acids is 1. The van der Waals surface area contributed by atoms with E-state index in [2.05, 4.69) is 42.8 Å². The Bertz CT molecular complexity index is 418. The predicted molar refractivity (Wildman–Crippen MR) is 75.6 cm³/mol. The lowest BCUT2D eigenvalue weighted by atomic mass is 10.1. The lowest BCUT2D eigenvalue weighted by Gasteiger charge is -2.24. The molecule has 0 aromatic heterocycles. The SMILES string of the molecule is CCCN1C(=O)C(C)NC1c1ccc(SC)cc1. The first-order valence-electron chi connectivity index (χ1n) is 6.38. The number of hydrogen-bond acceptors (Lipinski definition) is 3. The van der Waals surface area contributed by atoms with Crippen molar-refractivity contribution in [3.05, 3.63) is 29.8 Å². The van der Waals surface area contributed by atoms with Crippen LogP contribution in [0, 0.1) is 0 Å². The maximum Gasteiger partial charge on any atom is 0.241 e. The molecule has 0 saturated carbocycles. The molecule has 0 spiro atoms. The van der Waals surface area contributed by atoms with Gasteiger partial charge in [0.15, 0.2) is 0 Å². The van der Waals surface area contributed by atoms with Crippen molar-refractivity contribution in [1.29, 1.82) is 0 Å². The Labute approximate surface area is 113 Å². The molecule has 1 aromatic rings. The van der Waals surface area contributed by atoms with Crippen LogP contribution in [0.15, 0.2) is 29.2 Å². The van der Waals surface area contributed by atoms with Crippen molar-refractivity contribution >= 4 is 17.7 Å². The molecule has 3 nitrogen and oxygen atoms in total. The Morgan fingerprint density at radius 2 is 2.00 bits per heavy atom. The van der Waals surface area contributed by atoms with E-state index in [4.69, 9.17) is 0 Å². The van der Waals surface area contributed by atoms with Gasteiger partial charge in [-0.15, -0.1) is 11.8 Å². The van der Waals surface area contributed by atoms with Gasteiger partial charge in [0.2, 0.25) is 5.91 Å². The molecule has 1 amide bonds. The Morgan fingerprint density at radius 3 is 2.56 bits per heavy atom. The molecule has 1 saturated heterocycles. The molecule has 18 heavy (non-hydrogen) atoms. The first-order valence-corrected chi connectivity index (χ1v) is 7.60. The zero-order valence-electron chi connectivity index (χ0n) is 11.1. The highest BCUT2D eigenvalue weighted by Crippen LogP contribution is 2.27. The summed E-state index contributed by atoms with van der Waals surface area (Å²) in [6.45, 7) is 4.84. The molecule has 1 N–H and O–H groups in total. The number of nitrogens with one attached hydrogen (secondary N) is 1. The van der Waals surface area contributed by atoms with E-state index in [1.807, 2.05) is 11.8 Å². The topological polar surface area (TPSA) is 32.3 Å². The fourth-order valence-electron chi connectivity index (χ4n) is 2.32. The van der Waals surface area contributed by atoms with Crippen molar-refractivity contribution in [2.75, 3.05) is 12.8 Å². The van der Waals surface area contributed by atoms with E-state index in [0.717, 1.165) is 13.0 Å². The van der Waals surface area contributed by atoms with Gasteiger partial charge < -0.3 is 4.90 Å². The van der Waals surface area contributed by atoms with Gasteiger partial charge >= 0.3 is 0 Å². The minimum Gasteiger partial charge on any atom is -0.322 e. The lowest BCUT2D eigenvalue weighted by Crippen LogP contribution is -2.31. The van der Waals surface area contributed by atoms with Crippen molar-refractivity contribution < 1.29 is 4.79 Å². The van der Waals surface area contributed by atoms with Crippen molar-refractivity contribution in [3.63, 3.8) is 0 Å². The number of thioether (sulfide) groups is 1. The number of carbonyl (C=O) groups is 1.